The fraction of sp³-hybridized carbons (Fsp3) is 0.500. The number of nitrogens with one attached hydrogen (secondary N) is 1. The van der Waals surface area contributed by atoms with Crippen molar-refractivity contribution >= 4 is 9.84 Å². The largest absolute Gasteiger partial charge is 0.334 e. The Morgan fingerprint density at radius 1 is 1.21 bits per heavy atom. The Morgan fingerprint density at radius 3 is 2.42 bits per heavy atom. The summed E-state index contributed by atoms with van der Waals surface area (Å²) in [5.41, 5.74) is 0. The van der Waals surface area contributed by atoms with E-state index in [-0.39, 0.29) is 11.7 Å². The Morgan fingerprint density at radius 2 is 1.84 bits per heavy atom. The van der Waals surface area contributed by atoms with Gasteiger partial charge in [-0.15, -0.1) is 0 Å². The molecule has 0 bridgehead atoms. The van der Waals surface area contributed by atoms with Gasteiger partial charge in [0, 0.05) is 12.8 Å². The van der Waals surface area contributed by atoms with Gasteiger partial charge < -0.3 is 4.90 Å². The monoisotopic (exact) mass is 279 g/mol. The van der Waals surface area contributed by atoms with Crippen LogP contribution in [0.25, 0.3) is 0 Å². The summed E-state index contributed by atoms with van der Waals surface area (Å²) in [6, 6.07) is 10.9. The number of quaternary nitrogens is 1. The molecule has 1 aromatic carbocycles. The average molecular weight is 279 g/mol. The summed E-state index contributed by atoms with van der Waals surface area (Å²) in [6.45, 7) is 2.44. The second kappa shape index (κ2) is 6.18. The third-order valence-corrected chi connectivity index (χ3v) is 5.43. The van der Waals surface area contributed by atoms with Crippen molar-refractivity contribution < 1.29 is 13.3 Å². The lowest BCUT2D eigenvalue weighted by atomic mass is 9.99. The second-order valence-corrected chi connectivity index (χ2v) is 7.14. The summed E-state index contributed by atoms with van der Waals surface area (Å²) >= 11 is 0. The number of benzene rings is 1. The van der Waals surface area contributed by atoms with Gasteiger partial charge in [0.1, 0.15) is 5.75 Å². The van der Waals surface area contributed by atoms with Crippen molar-refractivity contribution in [1.82, 2.24) is 0 Å². The zero-order valence-corrected chi connectivity index (χ0v) is 11.7. The maximum atomic E-state index is 12.1. The molecule has 1 heterocycles. The van der Waals surface area contributed by atoms with Crippen LogP contribution in [-0.2, 0) is 9.84 Å². The van der Waals surface area contributed by atoms with E-state index in [9.17, 15) is 8.42 Å². The lowest BCUT2D eigenvalue weighted by Crippen LogP contribution is -3.13. The van der Waals surface area contributed by atoms with Crippen molar-refractivity contribution in [3.05, 3.63) is 30.3 Å². The van der Waals surface area contributed by atoms with Crippen molar-refractivity contribution in [1.29, 1.82) is 5.26 Å². The molecule has 1 saturated heterocycles. The van der Waals surface area contributed by atoms with Gasteiger partial charge in [0.15, 0.2) is 9.84 Å². The molecule has 0 spiro atoms. The number of nitrogens with zero attached hydrogens (tertiary/aromatic N) is 1. The molecule has 4 nitrogen and oxygen atoms in total. The number of sulfone groups is 1. The van der Waals surface area contributed by atoms with Gasteiger partial charge in [-0.05, 0) is 12.1 Å². The van der Waals surface area contributed by atoms with Crippen LogP contribution < -0.4 is 4.90 Å². The van der Waals surface area contributed by atoms with E-state index in [0.29, 0.717) is 11.4 Å². The molecule has 1 aliphatic heterocycles. The molecule has 1 aromatic rings. The molecular formula is C14H19N2O2S+. The molecule has 0 saturated carbocycles. The summed E-state index contributed by atoms with van der Waals surface area (Å²) in [7, 11) is -3.16. The van der Waals surface area contributed by atoms with Gasteiger partial charge in [-0.2, -0.15) is 5.26 Å². The van der Waals surface area contributed by atoms with E-state index in [0.717, 1.165) is 25.9 Å². The van der Waals surface area contributed by atoms with Gasteiger partial charge in [-0.1, -0.05) is 18.2 Å². The van der Waals surface area contributed by atoms with E-state index in [1.54, 1.807) is 24.3 Å². The molecule has 0 aromatic heterocycles. The maximum Gasteiger partial charge on any atom is 0.183 e. The van der Waals surface area contributed by atoms with E-state index >= 15 is 0 Å². The molecule has 19 heavy (non-hydrogen) atoms. The van der Waals surface area contributed by atoms with Crippen LogP contribution >= 0.6 is 0 Å². The highest BCUT2D eigenvalue weighted by molar-refractivity contribution is 7.91. The van der Waals surface area contributed by atoms with Crippen molar-refractivity contribution in [2.24, 2.45) is 5.92 Å². The van der Waals surface area contributed by atoms with Crippen LogP contribution in [0.1, 0.15) is 12.8 Å². The zero-order valence-electron chi connectivity index (χ0n) is 10.9. The highest BCUT2D eigenvalue weighted by atomic mass is 32.2. The first kappa shape index (κ1) is 14.0. The second-order valence-electron chi connectivity index (χ2n) is 5.04. The molecule has 0 radical (unpaired) electrons. The lowest BCUT2D eigenvalue weighted by molar-refractivity contribution is -0.903. The summed E-state index contributed by atoms with van der Waals surface area (Å²) in [5, 5.41) is 8.83. The predicted molar refractivity (Wildman–Crippen MR) is 72.4 cm³/mol. The SMILES string of the molecule is N#CC1CC[NH+](CCS(=O)(=O)c2ccccc2)CC1. The minimum Gasteiger partial charge on any atom is -0.334 e. The van der Waals surface area contributed by atoms with Crippen molar-refractivity contribution in [3.63, 3.8) is 0 Å². The van der Waals surface area contributed by atoms with Crippen LogP contribution in [0, 0.1) is 17.2 Å². The highest BCUT2D eigenvalue weighted by Crippen LogP contribution is 2.10. The quantitative estimate of drug-likeness (QED) is 0.861. The van der Waals surface area contributed by atoms with Gasteiger partial charge in [-0.3, -0.25) is 0 Å². The Labute approximate surface area is 114 Å². The Balaban J connectivity index is 1.88. The van der Waals surface area contributed by atoms with E-state index in [1.807, 2.05) is 6.07 Å². The van der Waals surface area contributed by atoms with Crippen molar-refractivity contribution in [2.75, 3.05) is 25.4 Å². The molecule has 2 rings (SSSR count). The Kier molecular flexibility index (Phi) is 4.56. The van der Waals surface area contributed by atoms with E-state index in [2.05, 4.69) is 6.07 Å². The first-order valence-corrected chi connectivity index (χ1v) is 8.28. The van der Waals surface area contributed by atoms with Crippen LogP contribution in [0.15, 0.2) is 35.2 Å². The van der Waals surface area contributed by atoms with E-state index in [4.69, 9.17) is 5.26 Å². The smallest absolute Gasteiger partial charge is 0.183 e. The number of rotatable bonds is 4. The van der Waals surface area contributed by atoms with Crippen LogP contribution in [-0.4, -0.2) is 33.8 Å². The van der Waals surface area contributed by atoms with Crippen molar-refractivity contribution in [3.8, 4) is 6.07 Å². The lowest BCUT2D eigenvalue weighted by Gasteiger charge is -2.25. The standard InChI is InChI=1S/C14H18N2O2S/c15-12-13-6-8-16(9-7-13)10-11-19(17,18)14-4-2-1-3-5-14/h1-5,13H,6-11H2/p+1. The molecule has 0 atom stereocenters. The van der Waals surface area contributed by atoms with Crippen LogP contribution in [0.4, 0.5) is 0 Å². The molecule has 0 unspecified atom stereocenters. The van der Waals surface area contributed by atoms with E-state index < -0.39 is 9.84 Å². The van der Waals surface area contributed by atoms with Gasteiger partial charge in [0.05, 0.1) is 36.5 Å². The normalized spacial score (nSPS) is 23.7. The van der Waals surface area contributed by atoms with Gasteiger partial charge in [0.25, 0.3) is 0 Å². The number of nitriles is 1. The Bertz CT molecular complexity index is 541. The Hall–Kier alpha value is -1.38. The third-order valence-electron chi connectivity index (χ3n) is 3.70. The maximum absolute atomic E-state index is 12.1. The number of hydrogen-bond acceptors (Lipinski definition) is 3. The average Bonchev–Trinajstić information content (AvgIpc) is 2.47. The summed E-state index contributed by atoms with van der Waals surface area (Å²) in [4.78, 5) is 1.70. The first-order valence-electron chi connectivity index (χ1n) is 6.63. The topological polar surface area (TPSA) is 62.4 Å². The van der Waals surface area contributed by atoms with Crippen LogP contribution in [0.5, 0.6) is 0 Å². The molecule has 102 valence electrons. The van der Waals surface area contributed by atoms with Gasteiger partial charge in [-0.25, -0.2) is 8.42 Å². The molecule has 0 aliphatic carbocycles. The number of piperidine rings is 1. The van der Waals surface area contributed by atoms with Crippen LogP contribution in [0.3, 0.4) is 0 Å². The fourth-order valence-corrected chi connectivity index (χ4v) is 3.79. The molecule has 1 N–H and O–H groups in total. The van der Waals surface area contributed by atoms with Crippen LogP contribution in [0.2, 0.25) is 0 Å². The van der Waals surface area contributed by atoms with Gasteiger partial charge in [0.2, 0.25) is 0 Å². The fourth-order valence-electron chi connectivity index (χ4n) is 2.43. The molecule has 5 heteroatoms. The predicted octanol–water partition coefficient (Wildman–Crippen LogP) is 0.279. The molecular weight excluding hydrogens is 260 g/mol. The minimum absolute atomic E-state index is 0.162. The zero-order chi connectivity index (χ0) is 13.7. The number of likely N-dealkylation sites (tertiary alicyclic amines) is 1. The van der Waals surface area contributed by atoms with Crippen molar-refractivity contribution in [2.45, 2.75) is 17.7 Å². The minimum atomic E-state index is -3.16. The summed E-state index contributed by atoms with van der Waals surface area (Å²) in [5.74, 6) is 0.346. The van der Waals surface area contributed by atoms with Gasteiger partial charge >= 0.3 is 0 Å². The third kappa shape index (κ3) is 3.79. The summed E-state index contributed by atoms with van der Waals surface area (Å²) < 4.78 is 24.3. The molecule has 1 fully saturated rings. The van der Waals surface area contributed by atoms with E-state index in [1.165, 1.54) is 4.90 Å². The summed E-state index contributed by atoms with van der Waals surface area (Å²) in [6.07, 6.45) is 1.77. The number of hydrogen-bond donors (Lipinski definition) is 1. The molecule has 0 amide bonds. The molecule has 1 aliphatic rings. The first-order chi connectivity index (χ1) is 9.12. The highest BCUT2D eigenvalue weighted by Gasteiger charge is 2.24.